The molecule has 0 aliphatic carbocycles. The molecule has 0 N–H and O–H groups in total. The number of rotatable bonds is 6. The highest BCUT2D eigenvalue weighted by atomic mass is 35.5. The van der Waals surface area contributed by atoms with Crippen LogP contribution in [-0.2, 0) is 14.6 Å². The van der Waals surface area contributed by atoms with Gasteiger partial charge in [-0.25, -0.2) is 8.42 Å². The third kappa shape index (κ3) is 4.94. The number of sulfone groups is 1. The summed E-state index contributed by atoms with van der Waals surface area (Å²) < 4.78 is 25.4. The number of amides is 1. The van der Waals surface area contributed by atoms with Crippen LogP contribution in [0.25, 0.3) is 17.1 Å². The Morgan fingerprint density at radius 3 is 2.52 bits per heavy atom. The molecule has 1 aliphatic rings. The topological polar surface area (TPSA) is 85.2 Å². The van der Waals surface area contributed by atoms with Gasteiger partial charge in [-0.3, -0.25) is 9.36 Å². The Morgan fingerprint density at radius 1 is 1.16 bits per heavy atom. The highest BCUT2D eigenvalue weighted by molar-refractivity contribution is 7.99. The SMILES string of the molecule is CN(C(=O)CSc1nnc(-c2ccccc2)n1-c1ccc(Cl)cc1)[C@H]1CCS(=O)(=O)C1. The third-order valence-electron chi connectivity index (χ3n) is 5.22. The minimum Gasteiger partial charge on any atom is -0.341 e. The van der Waals surface area contributed by atoms with Crippen molar-refractivity contribution < 1.29 is 13.2 Å². The largest absolute Gasteiger partial charge is 0.341 e. The van der Waals surface area contributed by atoms with Crippen molar-refractivity contribution in [3.05, 3.63) is 59.6 Å². The summed E-state index contributed by atoms with van der Waals surface area (Å²) in [5.41, 5.74) is 1.73. The van der Waals surface area contributed by atoms with Crippen molar-refractivity contribution in [2.45, 2.75) is 17.6 Å². The van der Waals surface area contributed by atoms with E-state index in [1.54, 1.807) is 24.1 Å². The van der Waals surface area contributed by atoms with Crippen molar-refractivity contribution in [2.75, 3.05) is 24.3 Å². The Morgan fingerprint density at radius 2 is 1.87 bits per heavy atom. The molecule has 1 aliphatic heterocycles. The molecular formula is C21H21ClN4O3S2. The molecule has 0 spiro atoms. The van der Waals surface area contributed by atoms with Crippen LogP contribution in [0.2, 0.25) is 5.02 Å². The second kappa shape index (κ2) is 9.02. The molecule has 10 heteroatoms. The summed E-state index contributed by atoms with van der Waals surface area (Å²) in [4.78, 5) is 14.3. The number of nitrogens with zero attached hydrogens (tertiary/aromatic N) is 4. The fraction of sp³-hybridized carbons (Fsp3) is 0.286. The van der Waals surface area contributed by atoms with Gasteiger partial charge in [0.05, 0.1) is 17.3 Å². The van der Waals surface area contributed by atoms with Crippen molar-refractivity contribution in [3.8, 4) is 17.1 Å². The second-order valence-corrected chi connectivity index (χ2v) is 10.9. The van der Waals surface area contributed by atoms with Gasteiger partial charge >= 0.3 is 0 Å². The van der Waals surface area contributed by atoms with Gasteiger partial charge in [0.1, 0.15) is 0 Å². The van der Waals surface area contributed by atoms with Crippen molar-refractivity contribution in [3.63, 3.8) is 0 Å². The summed E-state index contributed by atoms with van der Waals surface area (Å²) >= 11 is 7.32. The predicted molar refractivity (Wildman–Crippen MR) is 122 cm³/mol. The number of thioether (sulfide) groups is 1. The number of carbonyl (C=O) groups is 1. The quantitative estimate of drug-likeness (QED) is 0.507. The lowest BCUT2D eigenvalue weighted by atomic mass is 10.2. The van der Waals surface area contributed by atoms with E-state index in [2.05, 4.69) is 10.2 Å². The standard InChI is InChI=1S/C21H21ClN4O3S2/c1-25(18-11-12-31(28,29)14-18)19(27)13-30-21-24-23-20(15-5-3-2-4-6-15)26(21)17-9-7-16(22)8-10-17/h2-10,18H,11-14H2,1H3/t18-/m0/s1. The molecule has 2 aromatic carbocycles. The maximum absolute atomic E-state index is 12.7. The number of hydrogen-bond donors (Lipinski definition) is 0. The zero-order valence-electron chi connectivity index (χ0n) is 16.8. The van der Waals surface area contributed by atoms with Crippen LogP contribution in [0.5, 0.6) is 0 Å². The second-order valence-electron chi connectivity index (χ2n) is 7.33. The van der Waals surface area contributed by atoms with Gasteiger partial charge in [-0.2, -0.15) is 0 Å². The zero-order valence-corrected chi connectivity index (χ0v) is 19.2. The molecule has 2 heterocycles. The highest BCUT2D eigenvalue weighted by Gasteiger charge is 2.32. The first-order chi connectivity index (χ1) is 14.8. The number of carbonyl (C=O) groups excluding carboxylic acids is 1. The summed E-state index contributed by atoms with van der Waals surface area (Å²) in [5.74, 6) is 0.812. The normalized spacial score (nSPS) is 17.5. The average Bonchev–Trinajstić information content (AvgIpc) is 3.35. The van der Waals surface area contributed by atoms with Gasteiger partial charge in [0.2, 0.25) is 5.91 Å². The van der Waals surface area contributed by atoms with Crippen molar-refractivity contribution in [2.24, 2.45) is 0 Å². The molecule has 1 amide bonds. The molecular weight excluding hydrogens is 456 g/mol. The first kappa shape index (κ1) is 21.9. The van der Waals surface area contributed by atoms with Crippen molar-refractivity contribution in [1.82, 2.24) is 19.7 Å². The van der Waals surface area contributed by atoms with Gasteiger partial charge in [0.15, 0.2) is 20.8 Å². The van der Waals surface area contributed by atoms with Crippen LogP contribution in [0.3, 0.4) is 0 Å². The van der Waals surface area contributed by atoms with Gasteiger partial charge in [-0.05, 0) is 30.7 Å². The summed E-state index contributed by atoms with van der Waals surface area (Å²) in [5, 5.41) is 9.87. The molecule has 0 bridgehead atoms. The molecule has 0 saturated carbocycles. The summed E-state index contributed by atoms with van der Waals surface area (Å²) in [6.45, 7) is 0. The van der Waals surface area contributed by atoms with E-state index in [4.69, 9.17) is 11.6 Å². The molecule has 3 aromatic rings. The van der Waals surface area contributed by atoms with Gasteiger partial charge in [-0.1, -0.05) is 53.7 Å². The monoisotopic (exact) mass is 476 g/mol. The van der Waals surface area contributed by atoms with E-state index in [9.17, 15) is 13.2 Å². The molecule has 1 aromatic heterocycles. The summed E-state index contributed by atoms with van der Waals surface area (Å²) in [6.07, 6.45) is 0.481. The molecule has 0 unspecified atom stereocenters. The Bertz CT molecular complexity index is 1180. The van der Waals surface area contributed by atoms with Crippen LogP contribution in [0.15, 0.2) is 59.8 Å². The molecule has 1 atom stereocenters. The van der Waals surface area contributed by atoms with Crippen molar-refractivity contribution >= 4 is 39.1 Å². The lowest BCUT2D eigenvalue weighted by Gasteiger charge is -2.23. The number of aromatic nitrogens is 3. The number of hydrogen-bond acceptors (Lipinski definition) is 6. The minimum atomic E-state index is -3.05. The van der Waals surface area contributed by atoms with E-state index in [-0.39, 0.29) is 29.2 Å². The Balaban J connectivity index is 1.58. The maximum atomic E-state index is 12.7. The molecule has 7 nitrogen and oxygen atoms in total. The lowest BCUT2D eigenvalue weighted by molar-refractivity contribution is -0.128. The minimum absolute atomic E-state index is 0.0268. The molecule has 1 fully saturated rings. The zero-order chi connectivity index (χ0) is 22.0. The fourth-order valence-corrected chi connectivity index (χ4v) is 6.25. The predicted octanol–water partition coefficient (Wildman–Crippen LogP) is 3.33. The molecule has 162 valence electrons. The van der Waals surface area contributed by atoms with Gasteiger partial charge < -0.3 is 4.90 Å². The van der Waals surface area contributed by atoms with E-state index in [1.165, 1.54) is 11.8 Å². The third-order valence-corrected chi connectivity index (χ3v) is 8.14. The van der Waals surface area contributed by atoms with Crippen LogP contribution in [0.1, 0.15) is 6.42 Å². The smallest absolute Gasteiger partial charge is 0.233 e. The Hall–Kier alpha value is -2.36. The molecule has 0 radical (unpaired) electrons. The van der Waals surface area contributed by atoms with Crippen LogP contribution < -0.4 is 0 Å². The van der Waals surface area contributed by atoms with Gasteiger partial charge in [0, 0.05) is 29.4 Å². The summed E-state index contributed by atoms with van der Waals surface area (Å²) in [6, 6.07) is 16.7. The molecule has 1 saturated heterocycles. The van der Waals surface area contributed by atoms with Crippen molar-refractivity contribution in [1.29, 1.82) is 0 Å². The Kier molecular flexibility index (Phi) is 6.36. The fourth-order valence-electron chi connectivity index (χ4n) is 3.47. The number of benzene rings is 2. The first-order valence-electron chi connectivity index (χ1n) is 9.70. The van der Waals surface area contributed by atoms with Crippen LogP contribution in [-0.4, -0.2) is 64.3 Å². The van der Waals surface area contributed by atoms with Gasteiger partial charge in [-0.15, -0.1) is 10.2 Å². The average molecular weight is 477 g/mol. The van der Waals surface area contributed by atoms with Crippen LogP contribution in [0.4, 0.5) is 0 Å². The number of halogens is 1. The van der Waals surface area contributed by atoms with Gasteiger partial charge in [0.25, 0.3) is 0 Å². The summed E-state index contributed by atoms with van der Waals surface area (Å²) in [7, 11) is -1.39. The van der Waals surface area contributed by atoms with E-state index in [0.29, 0.717) is 22.4 Å². The Labute approximate surface area is 190 Å². The van der Waals surface area contributed by atoms with E-state index in [1.807, 2.05) is 47.0 Å². The molecule has 31 heavy (non-hydrogen) atoms. The van der Waals surface area contributed by atoms with E-state index in [0.717, 1.165) is 11.3 Å². The van der Waals surface area contributed by atoms with E-state index >= 15 is 0 Å². The highest BCUT2D eigenvalue weighted by Crippen LogP contribution is 2.29. The molecule has 4 rings (SSSR count). The van der Waals surface area contributed by atoms with E-state index < -0.39 is 9.84 Å². The van der Waals surface area contributed by atoms with Crippen LogP contribution >= 0.6 is 23.4 Å². The lowest BCUT2D eigenvalue weighted by Crippen LogP contribution is -2.38. The first-order valence-corrected chi connectivity index (χ1v) is 12.9. The van der Waals surface area contributed by atoms with Crippen LogP contribution in [0, 0.1) is 0 Å². The maximum Gasteiger partial charge on any atom is 0.233 e.